The zero-order valence-electron chi connectivity index (χ0n) is 15.8. The molecule has 3 aromatic rings. The summed E-state index contributed by atoms with van der Waals surface area (Å²) >= 11 is 0. The molecule has 1 saturated carbocycles. The second-order valence-electron chi connectivity index (χ2n) is 7.11. The number of nitrogens with zero attached hydrogens (tertiary/aromatic N) is 2. The average molecular weight is 361 g/mol. The second kappa shape index (κ2) is 6.54. The summed E-state index contributed by atoms with van der Waals surface area (Å²) < 4.78 is 0. The summed E-state index contributed by atoms with van der Waals surface area (Å²) in [6, 6.07) is 8.07. The predicted octanol–water partition coefficient (Wildman–Crippen LogP) is 3.86. The summed E-state index contributed by atoms with van der Waals surface area (Å²) in [7, 11) is 0. The number of rotatable bonds is 4. The number of hydrogen-bond donors (Lipinski definition) is 3. The van der Waals surface area contributed by atoms with E-state index in [0.717, 1.165) is 52.3 Å². The number of H-pyrrole nitrogens is 1. The maximum Gasteiger partial charge on any atom is 0.250 e. The summed E-state index contributed by atoms with van der Waals surface area (Å²) in [5.74, 6) is 0.373. The van der Waals surface area contributed by atoms with E-state index >= 15 is 0 Å². The molecule has 2 aromatic heterocycles. The van der Waals surface area contributed by atoms with Crippen LogP contribution < -0.4 is 11.1 Å². The predicted molar refractivity (Wildman–Crippen MR) is 108 cm³/mol. The van der Waals surface area contributed by atoms with E-state index in [1.807, 2.05) is 32.0 Å². The van der Waals surface area contributed by atoms with E-state index < -0.39 is 5.91 Å². The molecule has 138 valence electrons. The minimum Gasteiger partial charge on any atom is -0.366 e. The van der Waals surface area contributed by atoms with E-state index in [1.54, 1.807) is 6.07 Å². The minimum absolute atomic E-state index is 0.406. The van der Waals surface area contributed by atoms with Crippen LogP contribution in [-0.2, 0) is 0 Å². The molecule has 0 radical (unpaired) electrons. The number of primary amides is 1. The summed E-state index contributed by atoms with van der Waals surface area (Å²) in [6.45, 7) is 5.89. The molecule has 1 fully saturated rings. The van der Waals surface area contributed by atoms with Crippen molar-refractivity contribution in [1.82, 2.24) is 15.0 Å². The molecule has 0 aliphatic heterocycles. The van der Waals surface area contributed by atoms with Gasteiger partial charge in [-0.2, -0.15) is 0 Å². The summed E-state index contributed by atoms with van der Waals surface area (Å²) in [5, 5.41) is 3.52. The lowest BCUT2D eigenvalue weighted by Gasteiger charge is -2.30. The Balaban J connectivity index is 1.76. The van der Waals surface area contributed by atoms with E-state index in [-0.39, 0.29) is 0 Å². The number of benzene rings is 1. The molecule has 0 unspecified atom stereocenters. The van der Waals surface area contributed by atoms with Gasteiger partial charge in [-0.1, -0.05) is 23.8 Å². The van der Waals surface area contributed by atoms with Crippen LogP contribution in [0.25, 0.3) is 22.3 Å². The second-order valence-corrected chi connectivity index (χ2v) is 7.11. The van der Waals surface area contributed by atoms with E-state index in [1.165, 1.54) is 5.57 Å². The van der Waals surface area contributed by atoms with Crippen molar-refractivity contribution in [2.24, 2.45) is 5.73 Å². The quantitative estimate of drug-likeness (QED) is 0.615. The molecule has 6 nitrogen and oxygen atoms in total. The van der Waals surface area contributed by atoms with Crippen molar-refractivity contribution in [3.05, 3.63) is 52.9 Å². The number of aromatic nitrogens is 3. The number of hydrogen-bond acceptors (Lipinski definition) is 4. The molecule has 27 heavy (non-hydrogen) atoms. The van der Waals surface area contributed by atoms with Gasteiger partial charge in [0.15, 0.2) is 0 Å². The van der Waals surface area contributed by atoms with Crippen molar-refractivity contribution in [2.45, 2.75) is 39.7 Å². The van der Waals surface area contributed by atoms with Crippen LogP contribution >= 0.6 is 0 Å². The van der Waals surface area contributed by atoms with Crippen molar-refractivity contribution in [2.75, 3.05) is 5.32 Å². The van der Waals surface area contributed by atoms with Crippen LogP contribution in [0.4, 0.5) is 5.82 Å². The van der Waals surface area contributed by atoms with Gasteiger partial charge in [0.2, 0.25) is 0 Å². The van der Waals surface area contributed by atoms with Gasteiger partial charge in [-0.05, 0) is 45.7 Å². The Morgan fingerprint density at radius 3 is 2.74 bits per heavy atom. The lowest BCUT2D eigenvalue weighted by Crippen LogP contribution is -2.30. The fourth-order valence-electron chi connectivity index (χ4n) is 3.58. The first-order valence-electron chi connectivity index (χ1n) is 9.14. The van der Waals surface area contributed by atoms with E-state index in [0.29, 0.717) is 11.6 Å². The topological polar surface area (TPSA) is 96.7 Å². The van der Waals surface area contributed by atoms with Crippen molar-refractivity contribution >= 4 is 22.8 Å². The highest BCUT2D eigenvalue weighted by Crippen LogP contribution is 2.32. The third-order valence-electron chi connectivity index (χ3n) is 5.21. The van der Waals surface area contributed by atoms with Crippen molar-refractivity contribution in [1.29, 1.82) is 0 Å². The number of aryl methyl sites for hydroxylation is 2. The normalized spacial score (nSPS) is 16.3. The maximum absolute atomic E-state index is 11.6. The Morgan fingerprint density at radius 1 is 1.30 bits per heavy atom. The fourth-order valence-corrected chi connectivity index (χ4v) is 3.58. The van der Waals surface area contributed by atoms with E-state index in [4.69, 9.17) is 15.7 Å². The molecule has 1 aliphatic carbocycles. The number of nitrogens with two attached hydrogens (primary N) is 1. The number of carbonyl (C=O) groups is 1. The van der Waals surface area contributed by atoms with Gasteiger partial charge in [0.25, 0.3) is 5.91 Å². The maximum atomic E-state index is 11.6. The van der Waals surface area contributed by atoms with Gasteiger partial charge in [-0.15, -0.1) is 0 Å². The van der Waals surface area contributed by atoms with Crippen molar-refractivity contribution in [3.8, 4) is 11.3 Å². The number of aromatic amines is 1. The van der Waals surface area contributed by atoms with Gasteiger partial charge >= 0.3 is 0 Å². The Labute approximate surface area is 157 Å². The van der Waals surface area contributed by atoms with Crippen molar-refractivity contribution < 1.29 is 4.79 Å². The van der Waals surface area contributed by atoms with Crippen molar-refractivity contribution in [3.63, 3.8) is 0 Å². The van der Waals surface area contributed by atoms with Crippen LogP contribution in [0.3, 0.4) is 0 Å². The molecule has 2 heterocycles. The van der Waals surface area contributed by atoms with E-state index in [2.05, 4.69) is 23.3 Å². The lowest BCUT2D eigenvalue weighted by molar-refractivity contribution is 0.1000. The highest BCUT2D eigenvalue weighted by molar-refractivity contribution is 5.98. The Hall–Kier alpha value is -3.15. The Kier molecular flexibility index (Phi) is 4.18. The van der Waals surface area contributed by atoms with Gasteiger partial charge in [0, 0.05) is 23.0 Å². The van der Waals surface area contributed by atoms with Gasteiger partial charge in [0.05, 0.1) is 16.8 Å². The van der Waals surface area contributed by atoms with Crippen LogP contribution in [0.5, 0.6) is 0 Å². The molecule has 0 atom stereocenters. The number of carbonyl (C=O) groups excluding carboxylic acids is 1. The first kappa shape index (κ1) is 17.3. The standard InChI is InChI=1S/C21H23N5O/c1-4-13-8-14(9-13)25-21-12(3)24-17-7-5-6-15(19(17)26-21)18-10-16(20(22)27)11(2)23-18/h4-7,10,14,23H,8-9H2,1-3H3,(H2,22,27)(H,25,26). The monoisotopic (exact) mass is 361 g/mol. The molecule has 0 spiro atoms. The number of allylic oxidation sites excluding steroid dienone is 1. The van der Waals surface area contributed by atoms with Crippen LogP contribution in [0.1, 0.15) is 41.5 Å². The van der Waals surface area contributed by atoms with E-state index in [9.17, 15) is 4.79 Å². The number of amides is 1. The molecule has 1 aliphatic rings. The average Bonchev–Trinajstić information content (AvgIpc) is 2.99. The molecule has 0 saturated heterocycles. The molecule has 0 bridgehead atoms. The molecular formula is C21H23N5O. The zero-order valence-corrected chi connectivity index (χ0v) is 15.8. The molecule has 1 aromatic carbocycles. The third kappa shape index (κ3) is 3.07. The molecule has 6 heteroatoms. The molecular weight excluding hydrogens is 338 g/mol. The van der Waals surface area contributed by atoms with Gasteiger partial charge in [-0.25, -0.2) is 9.97 Å². The SMILES string of the molecule is CC=C1CC(Nc2nc3c(-c4cc(C(N)=O)c(C)[nH]4)cccc3nc2C)C1. The molecule has 1 amide bonds. The van der Waals surface area contributed by atoms with Crippen LogP contribution in [-0.4, -0.2) is 26.9 Å². The fraction of sp³-hybridized carbons (Fsp3) is 0.286. The summed E-state index contributed by atoms with van der Waals surface area (Å²) in [4.78, 5) is 24.5. The van der Waals surface area contributed by atoms with Crippen LogP contribution in [0.15, 0.2) is 35.9 Å². The molecule has 4 N–H and O–H groups in total. The number of nitrogens with one attached hydrogen (secondary N) is 2. The van der Waals surface area contributed by atoms with Crippen LogP contribution in [0, 0.1) is 13.8 Å². The summed E-state index contributed by atoms with van der Waals surface area (Å²) in [6.07, 6.45) is 4.28. The third-order valence-corrected chi connectivity index (χ3v) is 5.21. The Bertz CT molecular complexity index is 1070. The van der Waals surface area contributed by atoms with Gasteiger partial charge in [-0.3, -0.25) is 4.79 Å². The molecule has 4 rings (SSSR count). The number of para-hydroxylation sites is 1. The highest BCUT2D eigenvalue weighted by atomic mass is 16.1. The first-order valence-corrected chi connectivity index (χ1v) is 9.14. The summed E-state index contributed by atoms with van der Waals surface area (Å²) in [5.41, 5.74) is 12.4. The zero-order chi connectivity index (χ0) is 19.1. The highest BCUT2D eigenvalue weighted by Gasteiger charge is 2.23. The van der Waals surface area contributed by atoms with Gasteiger partial charge < -0.3 is 16.0 Å². The number of fused-ring (bicyclic) bond motifs is 1. The largest absolute Gasteiger partial charge is 0.366 e. The van der Waals surface area contributed by atoms with Gasteiger partial charge in [0.1, 0.15) is 11.3 Å². The Morgan fingerprint density at radius 2 is 2.07 bits per heavy atom. The lowest BCUT2D eigenvalue weighted by atomic mass is 9.86. The smallest absolute Gasteiger partial charge is 0.250 e. The number of anilines is 1. The van der Waals surface area contributed by atoms with Crippen LogP contribution in [0.2, 0.25) is 0 Å². The first-order chi connectivity index (χ1) is 13.0. The minimum atomic E-state index is -0.440.